The first kappa shape index (κ1) is 19.5. The molecule has 0 spiro atoms. The summed E-state index contributed by atoms with van der Waals surface area (Å²) in [4.78, 5) is 24.8. The van der Waals surface area contributed by atoms with E-state index >= 15 is 0 Å². The zero-order chi connectivity index (χ0) is 18.4. The van der Waals surface area contributed by atoms with Gasteiger partial charge in [-0.15, -0.1) is 0 Å². The molecule has 1 fully saturated rings. The molecule has 2 N–H and O–H groups in total. The smallest absolute Gasteiger partial charge is 0.227 e. The minimum absolute atomic E-state index is 0.0135. The van der Waals surface area contributed by atoms with Gasteiger partial charge in [-0.05, 0) is 69.1 Å². The second-order valence-electron chi connectivity index (χ2n) is 7.83. The van der Waals surface area contributed by atoms with E-state index < -0.39 is 0 Å². The molecule has 0 aliphatic heterocycles. The highest BCUT2D eigenvalue weighted by atomic mass is 16.2. The van der Waals surface area contributed by atoms with Crippen LogP contribution in [0.25, 0.3) is 0 Å². The molecule has 138 valence electrons. The van der Waals surface area contributed by atoms with E-state index in [-0.39, 0.29) is 23.7 Å². The van der Waals surface area contributed by atoms with Crippen LogP contribution in [0.2, 0.25) is 0 Å². The van der Waals surface area contributed by atoms with Gasteiger partial charge in [0.15, 0.2) is 0 Å². The third-order valence-corrected chi connectivity index (χ3v) is 5.14. The first-order valence-electron chi connectivity index (χ1n) is 9.52. The van der Waals surface area contributed by atoms with E-state index in [1.807, 2.05) is 32.0 Å². The Kier molecular flexibility index (Phi) is 7.03. The van der Waals surface area contributed by atoms with Crippen LogP contribution in [-0.4, -0.2) is 18.4 Å². The fraction of sp³-hybridized carbons (Fsp3) is 0.619. The van der Waals surface area contributed by atoms with Gasteiger partial charge in [0.2, 0.25) is 11.8 Å². The Morgan fingerprint density at radius 2 is 1.64 bits per heavy atom. The minimum atomic E-state index is 0.0135. The Morgan fingerprint density at radius 1 is 1.04 bits per heavy atom. The van der Waals surface area contributed by atoms with Crippen LogP contribution in [0.4, 0.5) is 5.69 Å². The first-order valence-corrected chi connectivity index (χ1v) is 9.52. The van der Waals surface area contributed by atoms with Crippen LogP contribution < -0.4 is 10.6 Å². The molecule has 1 aliphatic carbocycles. The summed E-state index contributed by atoms with van der Waals surface area (Å²) in [5.74, 6) is 0.933. The third kappa shape index (κ3) is 5.87. The lowest BCUT2D eigenvalue weighted by molar-refractivity contribution is -0.128. The summed E-state index contributed by atoms with van der Waals surface area (Å²) in [5, 5.41) is 6.11. The van der Waals surface area contributed by atoms with Crippen LogP contribution >= 0.6 is 0 Å². The normalized spacial score (nSPS) is 20.4. The Morgan fingerprint density at radius 3 is 2.24 bits per heavy atom. The molecule has 0 bridgehead atoms. The number of rotatable bonds is 6. The number of nitrogens with one attached hydrogen (secondary N) is 2. The molecule has 0 saturated heterocycles. The van der Waals surface area contributed by atoms with Gasteiger partial charge in [-0.1, -0.05) is 26.0 Å². The van der Waals surface area contributed by atoms with E-state index in [2.05, 4.69) is 24.5 Å². The van der Waals surface area contributed by atoms with Gasteiger partial charge in [0.25, 0.3) is 0 Å². The first-order chi connectivity index (χ1) is 11.9. The molecule has 4 heteroatoms. The van der Waals surface area contributed by atoms with Crippen molar-refractivity contribution >= 4 is 17.5 Å². The van der Waals surface area contributed by atoms with Crippen molar-refractivity contribution in [3.8, 4) is 0 Å². The molecule has 1 saturated carbocycles. The Labute approximate surface area is 151 Å². The van der Waals surface area contributed by atoms with Crippen LogP contribution in [-0.2, 0) is 9.59 Å². The highest BCUT2D eigenvalue weighted by Gasteiger charge is 2.30. The summed E-state index contributed by atoms with van der Waals surface area (Å²) in [6.07, 6.45) is 4.20. The van der Waals surface area contributed by atoms with Crippen molar-refractivity contribution < 1.29 is 9.59 Å². The van der Waals surface area contributed by atoms with Crippen LogP contribution in [0.3, 0.4) is 0 Å². The van der Waals surface area contributed by atoms with Crippen molar-refractivity contribution in [3.63, 3.8) is 0 Å². The maximum absolute atomic E-state index is 12.5. The molecule has 0 atom stereocenters. The molecule has 1 aromatic rings. The Balaban J connectivity index is 1.80. The van der Waals surface area contributed by atoms with Crippen molar-refractivity contribution in [2.45, 2.75) is 59.8 Å². The van der Waals surface area contributed by atoms with Gasteiger partial charge in [0.1, 0.15) is 0 Å². The van der Waals surface area contributed by atoms with Crippen molar-refractivity contribution in [1.29, 1.82) is 0 Å². The lowest BCUT2D eigenvalue weighted by Gasteiger charge is -2.27. The zero-order valence-corrected chi connectivity index (χ0v) is 16.0. The largest absolute Gasteiger partial charge is 0.356 e. The lowest BCUT2D eigenvalue weighted by Crippen LogP contribution is -2.36. The molecule has 4 nitrogen and oxygen atoms in total. The number of aryl methyl sites for hydroxylation is 2. The van der Waals surface area contributed by atoms with Gasteiger partial charge in [0.05, 0.1) is 0 Å². The average molecular weight is 344 g/mol. The molecule has 25 heavy (non-hydrogen) atoms. The Bertz CT molecular complexity index is 602. The highest BCUT2D eigenvalue weighted by molar-refractivity contribution is 5.93. The molecule has 0 radical (unpaired) electrons. The molecule has 0 aromatic heterocycles. The summed E-state index contributed by atoms with van der Waals surface area (Å²) >= 11 is 0. The van der Waals surface area contributed by atoms with Crippen LogP contribution in [0.15, 0.2) is 18.2 Å². The predicted molar refractivity (Wildman–Crippen MR) is 102 cm³/mol. The number of anilines is 1. The van der Waals surface area contributed by atoms with E-state index in [1.165, 1.54) is 0 Å². The van der Waals surface area contributed by atoms with Gasteiger partial charge in [-0.2, -0.15) is 0 Å². The topological polar surface area (TPSA) is 58.2 Å². The van der Waals surface area contributed by atoms with E-state index in [4.69, 9.17) is 0 Å². The van der Waals surface area contributed by atoms with Gasteiger partial charge < -0.3 is 10.6 Å². The van der Waals surface area contributed by atoms with Crippen molar-refractivity contribution in [2.24, 2.45) is 17.8 Å². The summed E-state index contributed by atoms with van der Waals surface area (Å²) in [7, 11) is 0. The predicted octanol–water partition coefficient (Wildman–Crippen LogP) is 4.21. The number of carbonyl (C=O) groups is 2. The SMILES string of the molecule is Cc1ccc(C)c(NC(=O)C2CCC(C(=O)NCCC(C)C)CC2)c1. The fourth-order valence-corrected chi connectivity index (χ4v) is 3.35. The number of carbonyl (C=O) groups excluding carboxylic acids is 2. The second-order valence-corrected chi connectivity index (χ2v) is 7.83. The molecule has 2 rings (SSSR count). The van der Waals surface area contributed by atoms with E-state index in [9.17, 15) is 9.59 Å². The monoisotopic (exact) mass is 344 g/mol. The quantitative estimate of drug-likeness (QED) is 0.812. The van der Waals surface area contributed by atoms with Crippen LogP contribution in [0.1, 0.15) is 57.1 Å². The zero-order valence-electron chi connectivity index (χ0n) is 16.0. The maximum Gasteiger partial charge on any atom is 0.227 e. The highest BCUT2D eigenvalue weighted by Crippen LogP contribution is 2.30. The summed E-state index contributed by atoms with van der Waals surface area (Å²) in [6, 6.07) is 6.10. The Hall–Kier alpha value is -1.84. The van der Waals surface area contributed by atoms with E-state index in [0.29, 0.717) is 5.92 Å². The molecular formula is C21H32N2O2. The number of amides is 2. The van der Waals surface area contributed by atoms with Gasteiger partial charge in [-0.3, -0.25) is 9.59 Å². The average Bonchev–Trinajstić information content (AvgIpc) is 2.58. The van der Waals surface area contributed by atoms with Gasteiger partial charge >= 0.3 is 0 Å². The molecule has 0 unspecified atom stereocenters. The van der Waals surface area contributed by atoms with E-state index in [0.717, 1.165) is 55.5 Å². The van der Waals surface area contributed by atoms with Crippen molar-refractivity contribution in [3.05, 3.63) is 29.3 Å². The van der Waals surface area contributed by atoms with E-state index in [1.54, 1.807) is 0 Å². The number of hydrogen-bond donors (Lipinski definition) is 2. The molecule has 0 heterocycles. The van der Waals surface area contributed by atoms with Crippen molar-refractivity contribution in [2.75, 3.05) is 11.9 Å². The maximum atomic E-state index is 12.5. The lowest BCUT2D eigenvalue weighted by atomic mass is 9.81. The van der Waals surface area contributed by atoms with Crippen LogP contribution in [0.5, 0.6) is 0 Å². The number of benzene rings is 1. The summed E-state index contributed by atoms with van der Waals surface area (Å²) in [5.41, 5.74) is 3.12. The number of hydrogen-bond acceptors (Lipinski definition) is 2. The fourth-order valence-electron chi connectivity index (χ4n) is 3.35. The summed E-state index contributed by atoms with van der Waals surface area (Å²) < 4.78 is 0. The van der Waals surface area contributed by atoms with Crippen LogP contribution in [0, 0.1) is 31.6 Å². The summed E-state index contributed by atoms with van der Waals surface area (Å²) in [6.45, 7) is 9.10. The van der Waals surface area contributed by atoms with Gasteiger partial charge in [-0.25, -0.2) is 0 Å². The molecule has 1 aliphatic rings. The van der Waals surface area contributed by atoms with Gasteiger partial charge in [0, 0.05) is 24.1 Å². The third-order valence-electron chi connectivity index (χ3n) is 5.14. The van der Waals surface area contributed by atoms with Crippen molar-refractivity contribution in [1.82, 2.24) is 5.32 Å². The molecule has 1 aromatic carbocycles. The molecule has 2 amide bonds. The second kappa shape index (κ2) is 9.02. The standard InChI is InChI=1S/C21H32N2O2/c1-14(2)11-12-22-20(24)17-7-9-18(10-8-17)21(25)23-19-13-15(3)5-6-16(19)4/h5-6,13-14,17-18H,7-12H2,1-4H3,(H,22,24)(H,23,25). The molecular weight excluding hydrogens is 312 g/mol. The minimum Gasteiger partial charge on any atom is -0.356 e.